The van der Waals surface area contributed by atoms with Gasteiger partial charge in [-0.05, 0) is 38.3 Å². The number of hydrogen-bond donors (Lipinski definition) is 1. The van der Waals surface area contributed by atoms with Crippen LogP contribution in [0.1, 0.15) is 45.4 Å². The molecule has 1 unspecified atom stereocenters. The zero-order valence-electron chi connectivity index (χ0n) is 11.8. The lowest BCUT2D eigenvalue weighted by Gasteiger charge is -2.31. The average Bonchev–Trinajstić information content (AvgIpc) is 2.33. The highest BCUT2D eigenvalue weighted by molar-refractivity contribution is 7.88. The molecule has 1 heterocycles. The molecule has 1 fully saturated rings. The van der Waals surface area contributed by atoms with Crippen molar-refractivity contribution in [2.24, 2.45) is 5.92 Å². The third-order valence-electron chi connectivity index (χ3n) is 3.59. The lowest BCUT2D eigenvalue weighted by atomic mass is 10.00. The standard InChI is InChI=1S/C13H28N2O2S/c1-3-4-5-6-9-14-11-13-8-7-10-15(12-13)18(2,16)17/h13-14H,3-12H2,1-2H3. The summed E-state index contributed by atoms with van der Waals surface area (Å²) < 4.78 is 24.6. The van der Waals surface area contributed by atoms with Crippen LogP contribution in [0.15, 0.2) is 0 Å². The number of nitrogens with one attached hydrogen (secondary N) is 1. The van der Waals surface area contributed by atoms with E-state index in [0.717, 1.165) is 25.9 Å². The molecular weight excluding hydrogens is 248 g/mol. The minimum atomic E-state index is -3.00. The Morgan fingerprint density at radius 2 is 2.06 bits per heavy atom. The van der Waals surface area contributed by atoms with Crippen LogP contribution in [0.3, 0.4) is 0 Å². The second-order valence-electron chi connectivity index (χ2n) is 5.39. The molecular formula is C13H28N2O2S. The van der Waals surface area contributed by atoms with Crippen LogP contribution < -0.4 is 5.32 Å². The van der Waals surface area contributed by atoms with Crippen LogP contribution >= 0.6 is 0 Å². The van der Waals surface area contributed by atoms with Crippen molar-refractivity contribution in [1.82, 2.24) is 9.62 Å². The highest BCUT2D eigenvalue weighted by Gasteiger charge is 2.25. The van der Waals surface area contributed by atoms with Crippen molar-refractivity contribution >= 4 is 10.0 Å². The average molecular weight is 276 g/mol. The van der Waals surface area contributed by atoms with Gasteiger partial charge in [0.15, 0.2) is 0 Å². The fraction of sp³-hybridized carbons (Fsp3) is 1.00. The molecule has 1 saturated heterocycles. The van der Waals surface area contributed by atoms with E-state index in [1.807, 2.05) is 0 Å². The second-order valence-corrected chi connectivity index (χ2v) is 7.38. The maximum absolute atomic E-state index is 11.5. The summed E-state index contributed by atoms with van der Waals surface area (Å²) in [4.78, 5) is 0. The number of nitrogens with zero attached hydrogens (tertiary/aromatic N) is 1. The van der Waals surface area contributed by atoms with Crippen LogP contribution in [0.25, 0.3) is 0 Å². The van der Waals surface area contributed by atoms with E-state index in [1.165, 1.54) is 31.9 Å². The predicted octanol–water partition coefficient (Wildman–Crippen LogP) is 1.83. The minimum Gasteiger partial charge on any atom is -0.316 e. The normalized spacial score (nSPS) is 22.2. The summed E-state index contributed by atoms with van der Waals surface area (Å²) in [6, 6.07) is 0. The van der Waals surface area contributed by atoms with Gasteiger partial charge >= 0.3 is 0 Å². The number of piperidine rings is 1. The summed E-state index contributed by atoms with van der Waals surface area (Å²) in [6.45, 7) is 5.63. The molecule has 1 aliphatic rings. The number of hydrogen-bond acceptors (Lipinski definition) is 3. The summed E-state index contributed by atoms with van der Waals surface area (Å²) in [5.74, 6) is 0.486. The molecule has 0 aromatic rings. The van der Waals surface area contributed by atoms with Gasteiger partial charge in [-0.3, -0.25) is 0 Å². The first kappa shape index (κ1) is 15.9. The highest BCUT2D eigenvalue weighted by atomic mass is 32.2. The minimum absolute atomic E-state index is 0.486. The quantitative estimate of drug-likeness (QED) is 0.688. The molecule has 0 aliphatic carbocycles. The Morgan fingerprint density at radius 1 is 1.28 bits per heavy atom. The van der Waals surface area contributed by atoms with Gasteiger partial charge in [0, 0.05) is 13.1 Å². The molecule has 5 heteroatoms. The van der Waals surface area contributed by atoms with Crippen LogP contribution in [0.2, 0.25) is 0 Å². The van der Waals surface area contributed by atoms with Crippen molar-refractivity contribution in [2.45, 2.75) is 45.4 Å². The van der Waals surface area contributed by atoms with E-state index in [-0.39, 0.29) is 0 Å². The van der Waals surface area contributed by atoms with Gasteiger partial charge in [-0.1, -0.05) is 26.2 Å². The van der Waals surface area contributed by atoms with Gasteiger partial charge in [-0.25, -0.2) is 12.7 Å². The van der Waals surface area contributed by atoms with Crippen LogP contribution in [0.4, 0.5) is 0 Å². The second kappa shape index (κ2) is 8.12. The lowest BCUT2D eigenvalue weighted by molar-refractivity contribution is 0.261. The van der Waals surface area contributed by atoms with Gasteiger partial charge in [0.2, 0.25) is 10.0 Å². The van der Waals surface area contributed by atoms with Crippen LogP contribution in [0.5, 0.6) is 0 Å². The molecule has 18 heavy (non-hydrogen) atoms. The molecule has 1 atom stereocenters. The van der Waals surface area contributed by atoms with E-state index in [4.69, 9.17) is 0 Å². The Bertz CT molecular complexity index is 317. The largest absolute Gasteiger partial charge is 0.316 e. The number of sulfonamides is 1. The van der Waals surface area contributed by atoms with Gasteiger partial charge in [0.25, 0.3) is 0 Å². The molecule has 0 aromatic carbocycles. The maximum atomic E-state index is 11.5. The highest BCUT2D eigenvalue weighted by Crippen LogP contribution is 2.17. The van der Waals surface area contributed by atoms with Gasteiger partial charge in [-0.15, -0.1) is 0 Å². The Labute approximate surface area is 112 Å². The molecule has 0 radical (unpaired) electrons. The van der Waals surface area contributed by atoms with Crippen LogP contribution in [0, 0.1) is 5.92 Å². The lowest BCUT2D eigenvalue weighted by Crippen LogP contribution is -2.42. The third kappa shape index (κ3) is 6.16. The Kier molecular flexibility index (Phi) is 7.19. The van der Waals surface area contributed by atoms with E-state index in [9.17, 15) is 8.42 Å². The van der Waals surface area contributed by atoms with Crippen molar-refractivity contribution in [3.05, 3.63) is 0 Å². The zero-order valence-corrected chi connectivity index (χ0v) is 12.6. The van der Waals surface area contributed by atoms with Gasteiger partial charge in [-0.2, -0.15) is 0 Å². The summed E-state index contributed by atoms with van der Waals surface area (Å²) in [6.07, 6.45) is 8.57. The number of rotatable bonds is 8. The summed E-state index contributed by atoms with van der Waals surface area (Å²) in [7, 11) is -3.00. The van der Waals surface area contributed by atoms with Gasteiger partial charge in [0.1, 0.15) is 0 Å². The first-order chi connectivity index (χ1) is 8.54. The van der Waals surface area contributed by atoms with Crippen molar-refractivity contribution in [2.75, 3.05) is 32.4 Å². The molecule has 108 valence electrons. The predicted molar refractivity (Wildman–Crippen MR) is 76.2 cm³/mol. The maximum Gasteiger partial charge on any atom is 0.211 e. The van der Waals surface area contributed by atoms with Crippen molar-refractivity contribution in [1.29, 1.82) is 0 Å². The monoisotopic (exact) mass is 276 g/mol. The number of unbranched alkanes of at least 4 members (excludes halogenated alkanes) is 3. The smallest absolute Gasteiger partial charge is 0.211 e. The van der Waals surface area contributed by atoms with E-state index >= 15 is 0 Å². The molecule has 0 bridgehead atoms. The summed E-state index contributed by atoms with van der Waals surface area (Å²) in [5, 5.41) is 3.46. The molecule has 0 aromatic heterocycles. The first-order valence-corrected chi connectivity index (χ1v) is 9.04. The van der Waals surface area contributed by atoms with Crippen molar-refractivity contribution < 1.29 is 8.42 Å². The Hall–Kier alpha value is -0.130. The molecule has 0 amide bonds. The van der Waals surface area contributed by atoms with Gasteiger partial charge < -0.3 is 5.32 Å². The molecule has 1 aliphatic heterocycles. The van der Waals surface area contributed by atoms with E-state index < -0.39 is 10.0 Å². The van der Waals surface area contributed by atoms with Gasteiger partial charge in [0.05, 0.1) is 6.26 Å². The molecule has 0 spiro atoms. The zero-order chi connectivity index (χ0) is 13.4. The van der Waals surface area contributed by atoms with E-state index in [1.54, 1.807) is 4.31 Å². The van der Waals surface area contributed by atoms with Crippen LogP contribution in [-0.2, 0) is 10.0 Å². The van der Waals surface area contributed by atoms with E-state index in [0.29, 0.717) is 19.0 Å². The summed E-state index contributed by atoms with van der Waals surface area (Å²) >= 11 is 0. The van der Waals surface area contributed by atoms with E-state index in [2.05, 4.69) is 12.2 Å². The fourth-order valence-electron chi connectivity index (χ4n) is 2.48. The molecule has 1 N–H and O–H groups in total. The third-order valence-corrected chi connectivity index (χ3v) is 4.86. The topological polar surface area (TPSA) is 49.4 Å². The molecule has 0 saturated carbocycles. The summed E-state index contributed by atoms with van der Waals surface area (Å²) in [5.41, 5.74) is 0. The van der Waals surface area contributed by atoms with Crippen molar-refractivity contribution in [3.8, 4) is 0 Å². The molecule has 1 rings (SSSR count). The fourth-order valence-corrected chi connectivity index (χ4v) is 3.42. The van der Waals surface area contributed by atoms with Crippen molar-refractivity contribution in [3.63, 3.8) is 0 Å². The first-order valence-electron chi connectivity index (χ1n) is 7.20. The SMILES string of the molecule is CCCCCCNCC1CCCN(S(C)(=O)=O)C1. The molecule has 4 nitrogen and oxygen atoms in total. The Balaban J connectivity index is 2.15. The van der Waals surface area contributed by atoms with Crippen LogP contribution in [-0.4, -0.2) is 45.2 Å². The Morgan fingerprint density at radius 3 is 2.72 bits per heavy atom.